The molecule has 16 nitrogen and oxygen atoms in total. The summed E-state index contributed by atoms with van der Waals surface area (Å²) in [5.74, 6) is 2.26. The summed E-state index contributed by atoms with van der Waals surface area (Å²) in [6, 6.07) is 61.0. The predicted octanol–water partition coefficient (Wildman–Crippen LogP) is 18.9. The van der Waals surface area contributed by atoms with Crippen molar-refractivity contribution in [2.75, 3.05) is 0 Å². The summed E-state index contributed by atoms with van der Waals surface area (Å²) < 4.78 is 0. The van der Waals surface area contributed by atoms with Gasteiger partial charge in [0.1, 0.15) is 46.0 Å². The van der Waals surface area contributed by atoms with Crippen molar-refractivity contribution in [2.24, 2.45) is 39.9 Å². The number of hydrogen-bond donors (Lipinski definition) is 8. The molecular weight excluding hydrogens is 1300 g/mol. The van der Waals surface area contributed by atoms with E-state index in [0.717, 1.165) is 193 Å². The second-order valence-electron chi connectivity index (χ2n) is 27.7. The Bertz CT molecular complexity index is 3550. The number of aromatic hydroxyl groups is 8. The standard InChI is InChI=1S/4C22H26N2O2/c4*1-15(19-7-3-5-9-21(19)25)23-17-11-13-18(14-12-17)24-16(2)20-8-4-6-10-22(20)26/h4*3-10,17-18,25-26H,11-14H2,1-2H3. The molecule has 0 bridgehead atoms. The second-order valence-corrected chi connectivity index (χ2v) is 27.7. The molecule has 0 atom stereocenters. The van der Waals surface area contributed by atoms with Crippen molar-refractivity contribution in [1.82, 2.24) is 0 Å². The highest BCUT2D eigenvalue weighted by Crippen LogP contribution is 2.33. The number of aliphatic imine (C=N–C) groups is 8. The first-order valence-electron chi connectivity index (χ1n) is 36.8. The number of hydrogen-bond acceptors (Lipinski definition) is 16. The van der Waals surface area contributed by atoms with E-state index in [4.69, 9.17) is 39.9 Å². The lowest BCUT2D eigenvalue weighted by Gasteiger charge is -2.25. The van der Waals surface area contributed by atoms with Crippen LogP contribution < -0.4 is 0 Å². The summed E-state index contributed by atoms with van der Waals surface area (Å²) in [6.07, 6.45) is 15.9. The van der Waals surface area contributed by atoms with Crippen LogP contribution in [0.5, 0.6) is 46.0 Å². The number of para-hydroxylation sites is 8. The third kappa shape index (κ3) is 22.8. The molecule has 0 saturated heterocycles. The van der Waals surface area contributed by atoms with Crippen LogP contribution in [0.25, 0.3) is 0 Å². The lowest BCUT2D eigenvalue weighted by Crippen LogP contribution is -2.21. The zero-order valence-corrected chi connectivity index (χ0v) is 61.6. The van der Waals surface area contributed by atoms with Gasteiger partial charge in [-0.3, -0.25) is 39.9 Å². The van der Waals surface area contributed by atoms with Gasteiger partial charge < -0.3 is 40.9 Å². The monoisotopic (exact) mass is 1400 g/mol. The minimum absolute atomic E-state index is 0.283. The van der Waals surface area contributed by atoms with Crippen LogP contribution in [0.4, 0.5) is 0 Å². The fourth-order valence-corrected chi connectivity index (χ4v) is 14.2. The van der Waals surface area contributed by atoms with Crippen LogP contribution >= 0.6 is 0 Å². The largest absolute Gasteiger partial charge is 0.507 e. The molecule has 8 aromatic rings. The molecule has 4 saturated carbocycles. The molecule has 104 heavy (non-hydrogen) atoms. The van der Waals surface area contributed by atoms with Gasteiger partial charge in [0.05, 0.1) is 48.3 Å². The van der Waals surface area contributed by atoms with Crippen molar-refractivity contribution in [3.8, 4) is 46.0 Å². The van der Waals surface area contributed by atoms with Crippen LogP contribution in [-0.4, -0.2) is 135 Å². The van der Waals surface area contributed by atoms with E-state index in [9.17, 15) is 40.9 Å². The van der Waals surface area contributed by atoms with E-state index in [0.29, 0.717) is 0 Å². The molecule has 12 rings (SSSR count). The highest BCUT2D eigenvalue weighted by Gasteiger charge is 2.26. The molecule has 4 fully saturated rings. The maximum Gasteiger partial charge on any atom is 0.124 e. The van der Waals surface area contributed by atoms with E-state index >= 15 is 0 Å². The molecule has 0 spiro atoms. The minimum Gasteiger partial charge on any atom is -0.507 e. The van der Waals surface area contributed by atoms with Crippen molar-refractivity contribution < 1.29 is 40.9 Å². The van der Waals surface area contributed by atoms with Gasteiger partial charge in [-0.15, -0.1) is 0 Å². The zero-order chi connectivity index (χ0) is 74.1. The molecule has 4 aliphatic rings. The Kier molecular flexibility index (Phi) is 28.9. The molecule has 0 radical (unpaired) electrons. The van der Waals surface area contributed by atoms with Gasteiger partial charge in [0.15, 0.2) is 0 Å². The van der Waals surface area contributed by atoms with Crippen LogP contribution in [0.1, 0.15) is 203 Å². The number of rotatable bonds is 16. The van der Waals surface area contributed by atoms with Crippen molar-refractivity contribution in [3.63, 3.8) is 0 Å². The predicted molar refractivity (Wildman–Crippen MR) is 427 cm³/mol. The molecule has 0 aliphatic heterocycles. The summed E-state index contributed by atoms with van der Waals surface area (Å²) in [4.78, 5) is 38.6. The summed E-state index contributed by atoms with van der Waals surface area (Å²) in [7, 11) is 0. The maximum atomic E-state index is 9.96. The third-order valence-corrected chi connectivity index (χ3v) is 20.0. The van der Waals surface area contributed by atoms with Crippen molar-refractivity contribution >= 4 is 45.7 Å². The molecule has 4 aliphatic carbocycles. The highest BCUT2D eigenvalue weighted by molar-refractivity contribution is 6.05. The first-order chi connectivity index (χ1) is 50.2. The van der Waals surface area contributed by atoms with Gasteiger partial charge in [0, 0.05) is 90.2 Å². The summed E-state index contributed by atoms with van der Waals surface area (Å²) in [6.45, 7) is 15.7. The van der Waals surface area contributed by atoms with E-state index in [2.05, 4.69) is 0 Å². The van der Waals surface area contributed by atoms with Gasteiger partial charge in [0.2, 0.25) is 0 Å². The van der Waals surface area contributed by atoms with Crippen molar-refractivity contribution in [2.45, 2.75) is 206 Å². The summed E-state index contributed by atoms with van der Waals surface area (Å²) >= 11 is 0. The normalized spacial score (nSPS) is 21.6. The SMILES string of the molecule is CC(=NC1CCC(N=C(C)c2ccccc2O)CC1)c1ccccc1O.CC(=NC1CCC(N=C(C)c2ccccc2O)CC1)c1ccccc1O.CC(=NC1CCC(N=C(C)c2ccccc2O)CC1)c1ccccc1O.CC(=NC1CCC(N=C(C)c2ccccc2O)CC1)c1ccccc1O. The van der Waals surface area contributed by atoms with Gasteiger partial charge in [0.25, 0.3) is 0 Å². The Morgan fingerprint density at radius 2 is 0.260 bits per heavy atom. The summed E-state index contributed by atoms with van der Waals surface area (Å²) in [5, 5.41) is 79.7. The zero-order valence-electron chi connectivity index (χ0n) is 61.6. The Hall–Kier alpha value is -10.5. The van der Waals surface area contributed by atoms with Crippen LogP contribution in [0, 0.1) is 0 Å². The van der Waals surface area contributed by atoms with Gasteiger partial charge in [-0.2, -0.15) is 0 Å². The van der Waals surface area contributed by atoms with Crippen molar-refractivity contribution in [1.29, 1.82) is 0 Å². The number of benzene rings is 8. The van der Waals surface area contributed by atoms with E-state index < -0.39 is 0 Å². The van der Waals surface area contributed by atoms with Gasteiger partial charge in [-0.25, -0.2) is 0 Å². The molecule has 0 unspecified atom stereocenters. The van der Waals surface area contributed by atoms with Crippen LogP contribution in [0.3, 0.4) is 0 Å². The molecule has 0 aromatic heterocycles. The van der Waals surface area contributed by atoms with Gasteiger partial charge in [-0.05, 0) is 255 Å². The minimum atomic E-state index is 0.283. The quantitative estimate of drug-likeness (QED) is 0.0430. The van der Waals surface area contributed by atoms with Crippen LogP contribution in [0.2, 0.25) is 0 Å². The van der Waals surface area contributed by atoms with E-state index in [1.165, 1.54) is 0 Å². The fraction of sp³-hybridized carbons (Fsp3) is 0.364. The topological polar surface area (TPSA) is 261 Å². The average molecular weight is 1400 g/mol. The van der Waals surface area contributed by atoms with E-state index in [1.807, 2.05) is 201 Å². The molecule has 0 amide bonds. The first-order valence-corrected chi connectivity index (χ1v) is 36.8. The highest BCUT2D eigenvalue weighted by atomic mass is 16.3. The fourth-order valence-electron chi connectivity index (χ4n) is 14.2. The number of nitrogens with zero attached hydrogens (tertiary/aromatic N) is 8. The number of phenols is 8. The molecule has 16 heteroatoms. The Morgan fingerprint density at radius 3 is 0.346 bits per heavy atom. The van der Waals surface area contributed by atoms with Crippen molar-refractivity contribution in [3.05, 3.63) is 239 Å². The van der Waals surface area contributed by atoms with E-state index in [-0.39, 0.29) is 94.3 Å². The Balaban J connectivity index is 0.000000161. The lowest BCUT2D eigenvalue weighted by molar-refractivity contribution is 0.397. The Labute approximate surface area is 614 Å². The summed E-state index contributed by atoms with van der Waals surface area (Å²) in [5.41, 5.74) is 13.6. The first kappa shape index (κ1) is 77.7. The third-order valence-electron chi connectivity index (χ3n) is 20.0. The molecule has 0 heterocycles. The second kappa shape index (κ2) is 38.7. The Morgan fingerprint density at radius 1 is 0.173 bits per heavy atom. The lowest BCUT2D eigenvalue weighted by atomic mass is 9.91. The average Bonchev–Trinajstić information content (AvgIpc) is 0.906. The smallest absolute Gasteiger partial charge is 0.124 e. The van der Waals surface area contributed by atoms with Crippen LogP contribution in [-0.2, 0) is 0 Å². The molecular formula is C88H104N8O8. The van der Waals surface area contributed by atoms with Crippen LogP contribution in [0.15, 0.2) is 234 Å². The molecule has 8 aromatic carbocycles. The molecule has 8 N–H and O–H groups in total. The van der Waals surface area contributed by atoms with Gasteiger partial charge >= 0.3 is 0 Å². The number of phenolic OH excluding ortho intramolecular Hbond substituents is 8. The van der Waals surface area contributed by atoms with Gasteiger partial charge in [-0.1, -0.05) is 97.1 Å². The maximum absolute atomic E-state index is 9.96. The van der Waals surface area contributed by atoms with E-state index in [1.54, 1.807) is 48.5 Å². The molecule has 544 valence electrons.